The molecule has 1 N–H and O–H groups in total. The molecular formula is C15H26N2O. The summed E-state index contributed by atoms with van der Waals surface area (Å²) >= 11 is 0. The molecule has 0 radical (unpaired) electrons. The van der Waals surface area contributed by atoms with Crippen molar-refractivity contribution in [3.63, 3.8) is 0 Å². The van der Waals surface area contributed by atoms with E-state index in [2.05, 4.69) is 17.1 Å². The van der Waals surface area contributed by atoms with Crippen molar-refractivity contribution in [2.45, 2.75) is 57.9 Å². The van der Waals surface area contributed by atoms with Crippen molar-refractivity contribution < 1.29 is 4.79 Å². The maximum Gasteiger partial charge on any atom is 0.226 e. The third kappa shape index (κ3) is 2.29. The van der Waals surface area contributed by atoms with Gasteiger partial charge in [-0.05, 0) is 57.0 Å². The van der Waals surface area contributed by atoms with Gasteiger partial charge in [-0.15, -0.1) is 0 Å². The van der Waals surface area contributed by atoms with Crippen molar-refractivity contribution >= 4 is 5.91 Å². The van der Waals surface area contributed by atoms with Crippen LogP contribution < -0.4 is 5.32 Å². The van der Waals surface area contributed by atoms with E-state index in [1.807, 2.05) is 0 Å². The SMILES string of the molecule is CCCCN(C(=O)C1CC12CCNCC2)C1CC1. The molecule has 0 aromatic heterocycles. The minimum absolute atomic E-state index is 0.372. The maximum absolute atomic E-state index is 12.7. The molecule has 1 heterocycles. The molecule has 1 amide bonds. The molecule has 1 unspecified atom stereocenters. The van der Waals surface area contributed by atoms with E-state index < -0.39 is 0 Å². The number of hydrogen-bond donors (Lipinski definition) is 1. The van der Waals surface area contributed by atoms with Crippen LogP contribution in [0.3, 0.4) is 0 Å². The molecule has 3 nitrogen and oxygen atoms in total. The van der Waals surface area contributed by atoms with Crippen LogP contribution in [0.2, 0.25) is 0 Å². The van der Waals surface area contributed by atoms with Gasteiger partial charge in [0.2, 0.25) is 5.91 Å². The Morgan fingerprint density at radius 2 is 2.06 bits per heavy atom. The Kier molecular flexibility index (Phi) is 3.35. The Hall–Kier alpha value is -0.570. The van der Waals surface area contributed by atoms with Gasteiger partial charge in [0.1, 0.15) is 0 Å². The van der Waals surface area contributed by atoms with Gasteiger partial charge in [0, 0.05) is 18.5 Å². The van der Waals surface area contributed by atoms with E-state index in [0.717, 1.165) is 19.6 Å². The first-order chi connectivity index (χ1) is 8.77. The number of unbranched alkanes of at least 4 members (excludes halogenated alkanes) is 1. The summed E-state index contributed by atoms with van der Waals surface area (Å²) in [5, 5.41) is 3.41. The Bertz CT molecular complexity index is 318. The molecule has 3 fully saturated rings. The summed E-state index contributed by atoms with van der Waals surface area (Å²) in [7, 11) is 0. The highest BCUT2D eigenvalue weighted by Gasteiger charge is 2.59. The number of rotatable bonds is 5. The fourth-order valence-electron chi connectivity index (χ4n) is 3.56. The number of piperidine rings is 1. The van der Waals surface area contributed by atoms with Gasteiger partial charge in [-0.1, -0.05) is 13.3 Å². The number of nitrogens with zero attached hydrogens (tertiary/aromatic N) is 1. The molecule has 102 valence electrons. The van der Waals surface area contributed by atoms with E-state index in [1.54, 1.807) is 0 Å². The van der Waals surface area contributed by atoms with Crippen LogP contribution in [0.4, 0.5) is 0 Å². The van der Waals surface area contributed by atoms with Crippen LogP contribution in [0.15, 0.2) is 0 Å². The summed E-state index contributed by atoms with van der Waals surface area (Å²) < 4.78 is 0. The number of carbonyl (C=O) groups is 1. The zero-order chi connectivity index (χ0) is 12.6. The number of amides is 1. The molecule has 1 atom stereocenters. The van der Waals surface area contributed by atoms with Crippen LogP contribution in [-0.2, 0) is 4.79 Å². The van der Waals surface area contributed by atoms with Crippen LogP contribution in [0.25, 0.3) is 0 Å². The van der Waals surface area contributed by atoms with Gasteiger partial charge >= 0.3 is 0 Å². The lowest BCUT2D eigenvalue weighted by Gasteiger charge is -2.27. The van der Waals surface area contributed by atoms with Crippen molar-refractivity contribution in [2.24, 2.45) is 11.3 Å². The molecule has 18 heavy (non-hydrogen) atoms. The van der Waals surface area contributed by atoms with Gasteiger partial charge in [0.15, 0.2) is 0 Å². The third-order valence-corrected chi connectivity index (χ3v) is 5.11. The van der Waals surface area contributed by atoms with Crippen LogP contribution >= 0.6 is 0 Å². The third-order valence-electron chi connectivity index (χ3n) is 5.11. The molecule has 2 saturated carbocycles. The second-order valence-electron chi connectivity index (χ2n) is 6.49. The summed E-state index contributed by atoms with van der Waals surface area (Å²) in [6, 6.07) is 0.600. The van der Waals surface area contributed by atoms with Gasteiger partial charge in [0.05, 0.1) is 0 Å². The quantitative estimate of drug-likeness (QED) is 0.811. The number of nitrogens with one attached hydrogen (secondary N) is 1. The Morgan fingerprint density at radius 3 is 2.67 bits per heavy atom. The zero-order valence-corrected chi connectivity index (χ0v) is 11.6. The summed E-state index contributed by atoms with van der Waals surface area (Å²) in [5.41, 5.74) is 0.404. The fraction of sp³-hybridized carbons (Fsp3) is 0.933. The Morgan fingerprint density at radius 1 is 1.33 bits per heavy atom. The average molecular weight is 250 g/mol. The lowest BCUT2D eigenvalue weighted by Crippen LogP contribution is -2.38. The van der Waals surface area contributed by atoms with Crippen molar-refractivity contribution in [1.29, 1.82) is 0 Å². The molecule has 0 bridgehead atoms. The highest BCUT2D eigenvalue weighted by molar-refractivity contribution is 5.83. The molecule has 0 aromatic carbocycles. The Labute approximate surface area is 110 Å². The van der Waals surface area contributed by atoms with Gasteiger partial charge in [-0.2, -0.15) is 0 Å². The first kappa shape index (κ1) is 12.5. The highest BCUT2D eigenvalue weighted by Crippen LogP contribution is 2.59. The van der Waals surface area contributed by atoms with E-state index >= 15 is 0 Å². The van der Waals surface area contributed by atoms with Crippen LogP contribution in [0, 0.1) is 11.3 Å². The largest absolute Gasteiger partial charge is 0.339 e. The second-order valence-corrected chi connectivity index (χ2v) is 6.49. The predicted molar refractivity (Wildman–Crippen MR) is 72.3 cm³/mol. The molecule has 2 aliphatic carbocycles. The van der Waals surface area contributed by atoms with E-state index in [1.165, 1.54) is 44.9 Å². The van der Waals surface area contributed by atoms with Crippen LogP contribution in [0.1, 0.15) is 51.9 Å². The van der Waals surface area contributed by atoms with Crippen LogP contribution in [0.5, 0.6) is 0 Å². The van der Waals surface area contributed by atoms with Gasteiger partial charge in [-0.25, -0.2) is 0 Å². The van der Waals surface area contributed by atoms with E-state index in [4.69, 9.17) is 0 Å². The second kappa shape index (κ2) is 4.84. The van der Waals surface area contributed by atoms with E-state index in [0.29, 0.717) is 23.3 Å². The summed E-state index contributed by atoms with van der Waals surface area (Å²) in [6.45, 7) is 5.44. The monoisotopic (exact) mass is 250 g/mol. The van der Waals surface area contributed by atoms with E-state index in [-0.39, 0.29) is 0 Å². The summed E-state index contributed by atoms with van der Waals surface area (Å²) in [5.74, 6) is 0.866. The molecule has 3 rings (SSSR count). The molecular weight excluding hydrogens is 224 g/mol. The lowest BCUT2D eigenvalue weighted by molar-refractivity contribution is -0.134. The molecule has 1 aliphatic heterocycles. The minimum Gasteiger partial charge on any atom is -0.339 e. The highest BCUT2D eigenvalue weighted by atomic mass is 16.2. The topological polar surface area (TPSA) is 32.3 Å². The predicted octanol–water partition coefficient (Wildman–Crippen LogP) is 2.17. The first-order valence-electron chi connectivity index (χ1n) is 7.78. The number of carbonyl (C=O) groups excluding carboxylic acids is 1. The van der Waals surface area contributed by atoms with Crippen molar-refractivity contribution in [3.05, 3.63) is 0 Å². The zero-order valence-electron chi connectivity index (χ0n) is 11.6. The molecule has 0 aromatic rings. The lowest BCUT2D eigenvalue weighted by atomic mass is 9.91. The first-order valence-corrected chi connectivity index (χ1v) is 7.78. The molecule has 1 spiro atoms. The number of hydrogen-bond acceptors (Lipinski definition) is 2. The van der Waals surface area contributed by atoms with Crippen LogP contribution in [-0.4, -0.2) is 36.5 Å². The van der Waals surface area contributed by atoms with Gasteiger partial charge in [-0.3, -0.25) is 4.79 Å². The van der Waals surface area contributed by atoms with Crippen molar-refractivity contribution in [2.75, 3.05) is 19.6 Å². The fourth-order valence-corrected chi connectivity index (χ4v) is 3.56. The smallest absolute Gasteiger partial charge is 0.226 e. The van der Waals surface area contributed by atoms with Crippen molar-refractivity contribution in [3.8, 4) is 0 Å². The molecule has 3 heteroatoms. The van der Waals surface area contributed by atoms with Gasteiger partial charge < -0.3 is 10.2 Å². The van der Waals surface area contributed by atoms with Gasteiger partial charge in [0.25, 0.3) is 0 Å². The maximum atomic E-state index is 12.7. The Balaban J connectivity index is 1.59. The molecule has 3 aliphatic rings. The summed E-state index contributed by atoms with van der Waals surface area (Å²) in [4.78, 5) is 14.9. The normalized spacial score (nSPS) is 29.3. The minimum atomic E-state index is 0.372. The molecule has 1 saturated heterocycles. The van der Waals surface area contributed by atoms with E-state index in [9.17, 15) is 4.79 Å². The standard InChI is InChI=1S/C15H26N2O/c1-2-3-10-17(12-4-5-12)14(18)13-11-15(13)6-8-16-9-7-15/h12-13,16H,2-11H2,1H3. The van der Waals surface area contributed by atoms with Crippen molar-refractivity contribution in [1.82, 2.24) is 10.2 Å². The average Bonchev–Trinajstić information content (AvgIpc) is 3.28. The summed E-state index contributed by atoms with van der Waals surface area (Å²) in [6.07, 6.45) is 8.46.